The van der Waals surface area contributed by atoms with Gasteiger partial charge in [-0.2, -0.15) is 5.26 Å². The molecular formula is C20H15FN4O4. The minimum absolute atomic E-state index is 0.252. The summed E-state index contributed by atoms with van der Waals surface area (Å²) in [4.78, 5) is 35.4. The third kappa shape index (κ3) is 3.55. The molecule has 0 unspecified atom stereocenters. The lowest BCUT2D eigenvalue weighted by atomic mass is 10.1. The van der Waals surface area contributed by atoms with Gasteiger partial charge in [0.05, 0.1) is 23.4 Å². The van der Waals surface area contributed by atoms with Gasteiger partial charge < -0.3 is 4.57 Å². The van der Waals surface area contributed by atoms with Crippen molar-refractivity contribution in [3.63, 3.8) is 0 Å². The molecule has 0 spiro atoms. The van der Waals surface area contributed by atoms with Gasteiger partial charge in [-0.3, -0.25) is 24.3 Å². The van der Waals surface area contributed by atoms with Gasteiger partial charge in [0.1, 0.15) is 17.4 Å². The van der Waals surface area contributed by atoms with Crippen LogP contribution in [0.5, 0.6) is 0 Å². The first-order valence-electron chi connectivity index (χ1n) is 8.50. The topological polar surface area (TPSA) is 111 Å². The first kappa shape index (κ1) is 19.7. The Kier molecular flexibility index (Phi) is 5.10. The number of hydrogen-bond acceptors (Lipinski definition) is 5. The van der Waals surface area contributed by atoms with E-state index in [9.17, 15) is 24.1 Å². The van der Waals surface area contributed by atoms with Gasteiger partial charge in [-0.15, -0.1) is 0 Å². The van der Waals surface area contributed by atoms with Crippen LogP contribution in [0.15, 0.2) is 47.4 Å². The lowest BCUT2D eigenvalue weighted by Crippen LogP contribution is -2.26. The zero-order chi connectivity index (χ0) is 21.3. The van der Waals surface area contributed by atoms with Crippen molar-refractivity contribution < 1.29 is 14.1 Å². The van der Waals surface area contributed by atoms with E-state index in [1.165, 1.54) is 6.07 Å². The van der Waals surface area contributed by atoms with Gasteiger partial charge in [0.15, 0.2) is 5.78 Å². The van der Waals surface area contributed by atoms with Crippen LogP contribution in [-0.2, 0) is 6.54 Å². The largest absolute Gasteiger partial charge is 0.315 e. The Morgan fingerprint density at radius 2 is 1.97 bits per heavy atom. The molecule has 0 fully saturated rings. The quantitative estimate of drug-likeness (QED) is 0.375. The lowest BCUT2D eigenvalue weighted by Gasteiger charge is -2.11. The number of pyridine rings is 1. The second-order valence-electron chi connectivity index (χ2n) is 6.41. The third-order valence-electron chi connectivity index (χ3n) is 4.54. The maximum absolute atomic E-state index is 14.2. The third-order valence-corrected chi connectivity index (χ3v) is 4.54. The van der Waals surface area contributed by atoms with Crippen molar-refractivity contribution >= 4 is 11.5 Å². The van der Waals surface area contributed by atoms with Crippen LogP contribution in [-0.4, -0.2) is 19.8 Å². The molecule has 0 aliphatic carbocycles. The van der Waals surface area contributed by atoms with E-state index < -0.39 is 39.9 Å². The summed E-state index contributed by atoms with van der Waals surface area (Å²) in [6, 6.07) is 10.1. The highest BCUT2D eigenvalue weighted by Crippen LogP contribution is 2.23. The van der Waals surface area contributed by atoms with E-state index in [4.69, 9.17) is 5.26 Å². The van der Waals surface area contributed by atoms with Crippen molar-refractivity contribution in [2.45, 2.75) is 20.4 Å². The van der Waals surface area contributed by atoms with Crippen molar-refractivity contribution in [1.82, 2.24) is 9.13 Å². The van der Waals surface area contributed by atoms with Gasteiger partial charge >= 0.3 is 0 Å². The molecule has 9 heteroatoms. The minimum Gasteiger partial charge on any atom is -0.315 e. The van der Waals surface area contributed by atoms with Gasteiger partial charge in [0, 0.05) is 23.0 Å². The van der Waals surface area contributed by atoms with Crippen molar-refractivity contribution in [1.29, 1.82) is 5.26 Å². The van der Waals surface area contributed by atoms with E-state index in [0.29, 0.717) is 11.4 Å². The summed E-state index contributed by atoms with van der Waals surface area (Å²) < 4.78 is 16.6. The molecule has 2 heterocycles. The van der Waals surface area contributed by atoms with E-state index >= 15 is 0 Å². The highest BCUT2D eigenvalue weighted by atomic mass is 19.1. The second kappa shape index (κ2) is 7.52. The molecule has 2 aromatic heterocycles. The first-order chi connectivity index (χ1) is 13.7. The number of ketones is 1. The normalized spacial score (nSPS) is 10.6. The molecule has 3 rings (SSSR count). The van der Waals surface area contributed by atoms with Crippen LogP contribution >= 0.6 is 0 Å². The van der Waals surface area contributed by atoms with Crippen LogP contribution in [0.1, 0.15) is 27.3 Å². The smallest absolute Gasteiger partial charge is 0.287 e. The molecular weight excluding hydrogens is 379 g/mol. The van der Waals surface area contributed by atoms with Gasteiger partial charge in [-0.25, -0.2) is 4.39 Å². The summed E-state index contributed by atoms with van der Waals surface area (Å²) in [7, 11) is 0. The number of rotatable bonds is 5. The number of aryl methyl sites for hydroxylation is 1. The number of nitrogens with zero attached hydrogens (tertiary/aromatic N) is 4. The molecule has 1 aromatic carbocycles. The van der Waals surface area contributed by atoms with Crippen LogP contribution in [0.25, 0.3) is 5.69 Å². The Labute approximate surface area is 164 Å². The van der Waals surface area contributed by atoms with Crippen molar-refractivity contribution in [3.8, 4) is 11.8 Å². The van der Waals surface area contributed by atoms with Crippen molar-refractivity contribution in [2.24, 2.45) is 0 Å². The van der Waals surface area contributed by atoms with Crippen LogP contribution in [0.2, 0.25) is 0 Å². The standard InChI is InChI=1S/C20H15FN4O4/c1-12-7-16(13(2)24(12)18-6-4-3-5-17(18)21)19(26)11-23-10-15(25(28)29)8-14(9-22)20(23)27/h3-8,10H,11H2,1-2H3. The molecule has 3 aromatic rings. The van der Waals surface area contributed by atoms with Gasteiger partial charge in [0.2, 0.25) is 0 Å². The number of carbonyl (C=O) groups is 1. The van der Waals surface area contributed by atoms with E-state index in [-0.39, 0.29) is 11.3 Å². The maximum Gasteiger partial charge on any atom is 0.287 e. The fourth-order valence-electron chi connectivity index (χ4n) is 3.21. The van der Waals surface area contributed by atoms with Gasteiger partial charge in [-0.05, 0) is 32.0 Å². The molecule has 0 atom stereocenters. The average Bonchev–Trinajstić information content (AvgIpc) is 2.98. The van der Waals surface area contributed by atoms with Gasteiger partial charge in [-0.1, -0.05) is 12.1 Å². The number of aromatic nitrogens is 2. The monoisotopic (exact) mass is 394 g/mol. The summed E-state index contributed by atoms with van der Waals surface area (Å²) in [5, 5.41) is 20.1. The molecule has 0 N–H and O–H groups in total. The number of Topliss-reactive ketones (excluding diaryl/α,β-unsaturated/α-hetero) is 1. The molecule has 0 radical (unpaired) electrons. The predicted molar refractivity (Wildman–Crippen MR) is 102 cm³/mol. The number of para-hydroxylation sites is 1. The Hall–Kier alpha value is -4.06. The number of nitro groups is 1. The van der Waals surface area contributed by atoms with E-state index in [2.05, 4.69) is 0 Å². The zero-order valence-electron chi connectivity index (χ0n) is 15.5. The number of halogens is 1. The predicted octanol–water partition coefficient (Wildman–Crippen LogP) is 3.06. The van der Waals surface area contributed by atoms with Crippen LogP contribution in [0, 0.1) is 41.1 Å². The lowest BCUT2D eigenvalue weighted by molar-refractivity contribution is -0.385. The minimum atomic E-state index is -0.797. The Balaban J connectivity index is 2.04. The summed E-state index contributed by atoms with van der Waals surface area (Å²) in [6.45, 7) is 2.86. The zero-order valence-corrected chi connectivity index (χ0v) is 15.5. The molecule has 146 valence electrons. The van der Waals surface area contributed by atoms with Crippen molar-refractivity contribution in [2.75, 3.05) is 0 Å². The SMILES string of the molecule is Cc1cc(C(=O)Cn2cc([N+](=O)[O-])cc(C#N)c2=O)c(C)n1-c1ccccc1F. The maximum atomic E-state index is 14.2. The van der Waals surface area contributed by atoms with Gasteiger partial charge in [0.25, 0.3) is 11.2 Å². The second-order valence-corrected chi connectivity index (χ2v) is 6.41. The molecule has 0 aliphatic heterocycles. The fraction of sp³-hybridized carbons (Fsp3) is 0.150. The van der Waals surface area contributed by atoms with Crippen LogP contribution < -0.4 is 5.56 Å². The molecule has 0 amide bonds. The summed E-state index contributed by atoms with van der Waals surface area (Å²) in [6.07, 6.45) is 0.928. The molecule has 0 saturated heterocycles. The van der Waals surface area contributed by atoms with E-state index in [0.717, 1.165) is 16.8 Å². The molecule has 8 nitrogen and oxygen atoms in total. The van der Waals surface area contributed by atoms with Crippen molar-refractivity contribution in [3.05, 3.63) is 91.4 Å². The highest BCUT2D eigenvalue weighted by Gasteiger charge is 2.21. The number of hydrogen-bond donors (Lipinski definition) is 0. The first-order valence-corrected chi connectivity index (χ1v) is 8.50. The Bertz CT molecular complexity index is 1250. The number of nitriles is 1. The number of benzene rings is 1. The Morgan fingerprint density at radius 3 is 2.59 bits per heavy atom. The fourth-order valence-corrected chi connectivity index (χ4v) is 3.21. The average molecular weight is 394 g/mol. The Morgan fingerprint density at radius 1 is 1.28 bits per heavy atom. The summed E-state index contributed by atoms with van der Waals surface area (Å²) in [5.74, 6) is -0.950. The molecule has 0 saturated carbocycles. The molecule has 0 bridgehead atoms. The van der Waals surface area contributed by atoms with Crippen LogP contribution in [0.4, 0.5) is 10.1 Å². The molecule has 29 heavy (non-hydrogen) atoms. The summed E-state index contributed by atoms with van der Waals surface area (Å²) in [5.41, 5.74) is -0.0795. The van der Waals surface area contributed by atoms with Crippen LogP contribution in [0.3, 0.4) is 0 Å². The highest BCUT2D eigenvalue weighted by molar-refractivity contribution is 5.97. The van der Waals surface area contributed by atoms with E-state index in [1.807, 2.05) is 0 Å². The van der Waals surface area contributed by atoms with E-state index in [1.54, 1.807) is 48.7 Å². The molecule has 0 aliphatic rings. The number of carbonyl (C=O) groups excluding carboxylic acids is 1. The summed E-state index contributed by atoms with van der Waals surface area (Å²) >= 11 is 0.